The van der Waals surface area contributed by atoms with Crippen molar-refractivity contribution in [2.75, 3.05) is 18.5 Å². The van der Waals surface area contributed by atoms with Crippen LogP contribution in [-0.4, -0.2) is 25.7 Å². The molecule has 1 N–H and O–H groups in total. The summed E-state index contributed by atoms with van der Waals surface area (Å²) in [4.78, 5) is 2.65. The van der Waals surface area contributed by atoms with Gasteiger partial charge in [0.25, 0.3) is 0 Å². The van der Waals surface area contributed by atoms with Crippen LogP contribution >= 0.6 is 0 Å². The van der Waals surface area contributed by atoms with E-state index in [0.717, 1.165) is 0 Å². The minimum atomic E-state index is 0.652. The third kappa shape index (κ3) is 2.51. The SMILES string of the molecule is CNC1CCN(c2cccc3c2CCCC3)C(C)C1. The van der Waals surface area contributed by atoms with Crippen molar-refractivity contribution < 1.29 is 0 Å². The number of nitrogens with one attached hydrogen (secondary N) is 1. The zero-order chi connectivity index (χ0) is 13.2. The van der Waals surface area contributed by atoms with E-state index in [0.29, 0.717) is 12.1 Å². The van der Waals surface area contributed by atoms with Crippen LogP contribution in [0.5, 0.6) is 0 Å². The van der Waals surface area contributed by atoms with Crippen molar-refractivity contribution in [2.45, 2.75) is 57.5 Å². The summed E-state index contributed by atoms with van der Waals surface area (Å²) in [6, 6.07) is 8.30. The lowest BCUT2D eigenvalue weighted by Crippen LogP contribution is -2.47. The minimum absolute atomic E-state index is 0.652. The first kappa shape index (κ1) is 13.0. The van der Waals surface area contributed by atoms with Crippen LogP contribution in [0.4, 0.5) is 5.69 Å². The van der Waals surface area contributed by atoms with Gasteiger partial charge >= 0.3 is 0 Å². The van der Waals surface area contributed by atoms with Gasteiger partial charge < -0.3 is 10.2 Å². The zero-order valence-corrected chi connectivity index (χ0v) is 12.3. The maximum absolute atomic E-state index is 3.44. The molecule has 1 saturated heterocycles. The van der Waals surface area contributed by atoms with E-state index in [-0.39, 0.29) is 0 Å². The van der Waals surface area contributed by atoms with Gasteiger partial charge in [-0.15, -0.1) is 0 Å². The van der Waals surface area contributed by atoms with Crippen LogP contribution in [0.25, 0.3) is 0 Å². The summed E-state index contributed by atoms with van der Waals surface area (Å²) in [6.07, 6.45) is 7.83. The fourth-order valence-corrected chi connectivity index (χ4v) is 3.82. The Balaban J connectivity index is 1.86. The molecule has 3 rings (SSSR count). The molecule has 1 heterocycles. The monoisotopic (exact) mass is 258 g/mol. The lowest BCUT2D eigenvalue weighted by atomic mass is 9.88. The van der Waals surface area contributed by atoms with Gasteiger partial charge in [-0.1, -0.05) is 12.1 Å². The average molecular weight is 258 g/mol. The first-order valence-corrected chi connectivity index (χ1v) is 7.84. The van der Waals surface area contributed by atoms with Crippen molar-refractivity contribution in [1.82, 2.24) is 5.32 Å². The predicted molar refractivity (Wildman–Crippen MR) is 82.0 cm³/mol. The molecule has 1 aromatic carbocycles. The molecule has 0 amide bonds. The Morgan fingerprint density at radius 2 is 2.05 bits per heavy atom. The molecule has 0 spiro atoms. The highest BCUT2D eigenvalue weighted by molar-refractivity contribution is 5.58. The van der Waals surface area contributed by atoms with Crippen LogP contribution in [0.15, 0.2) is 18.2 Å². The Hall–Kier alpha value is -1.02. The molecule has 1 aliphatic heterocycles. The molecule has 0 saturated carbocycles. The number of nitrogens with zero attached hydrogens (tertiary/aromatic N) is 1. The van der Waals surface area contributed by atoms with Crippen LogP contribution in [0, 0.1) is 0 Å². The predicted octanol–water partition coefficient (Wildman–Crippen LogP) is 3.14. The van der Waals surface area contributed by atoms with Crippen molar-refractivity contribution in [3.05, 3.63) is 29.3 Å². The third-order valence-electron chi connectivity index (χ3n) is 4.97. The van der Waals surface area contributed by atoms with E-state index in [4.69, 9.17) is 0 Å². The summed E-state index contributed by atoms with van der Waals surface area (Å²) in [5.41, 5.74) is 4.77. The number of aryl methyl sites for hydroxylation is 1. The Morgan fingerprint density at radius 3 is 2.84 bits per heavy atom. The second-order valence-electron chi connectivity index (χ2n) is 6.17. The Labute approximate surface area is 117 Å². The van der Waals surface area contributed by atoms with Gasteiger partial charge in [-0.25, -0.2) is 0 Å². The lowest BCUT2D eigenvalue weighted by molar-refractivity contribution is 0.386. The van der Waals surface area contributed by atoms with Crippen LogP contribution in [0.3, 0.4) is 0 Å². The van der Waals surface area contributed by atoms with Gasteiger partial charge in [0.05, 0.1) is 0 Å². The quantitative estimate of drug-likeness (QED) is 0.876. The van der Waals surface area contributed by atoms with E-state index in [1.165, 1.54) is 50.8 Å². The zero-order valence-electron chi connectivity index (χ0n) is 12.3. The van der Waals surface area contributed by atoms with Gasteiger partial charge in [0.1, 0.15) is 0 Å². The number of anilines is 1. The second kappa shape index (κ2) is 5.54. The van der Waals surface area contributed by atoms with E-state index < -0.39 is 0 Å². The van der Waals surface area contributed by atoms with E-state index in [1.807, 2.05) is 0 Å². The molecule has 0 bridgehead atoms. The molecule has 0 aromatic heterocycles. The number of fused-ring (bicyclic) bond motifs is 1. The van der Waals surface area contributed by atoms with Crippen molar-refractivity contribution >= 4 is 5.69 Å². The van der Waals surface area contributed by atoms with Gasteiger partial charge in [0.15, 0.2) is 0 Å². The highest BCUT2D eigenvalue weighted by Gasteiger charge is 2.27. The van der Waals surface area contributed by atoms with Gasteiger partial charge in [-0.2, -0.15) is 0 Å². The third-order valence-corrected chi connectivity index (χ3v) is 4.97. The molecule has 1 aromatic rings. The van der Waals surface area contributed by atoms with Gasteiger partial charge in [0, 0.05) is 24.3 Å². The smallest absolute Gasteiger partial charge is 0.0403 e. The summed E-state index contributed by atoms with van der Waals surface area (Å²) in [7, 11) is 2.09. The van der Waals surface area contributed by atoms with Crippen molar-refractivity contribution in [1.29, 1.82) is 0 Å². The summed E-state index contributed by atoms with van der Waals surface area (Å²) >= 11 is 0. The molecule has 1 fully saturated rings. The van der Waals surface area contributed by atoms with Gasteiger partial charge in [-0.3, -0.25) is 0 Å². The molecule has 2 nitrogen and oxygen atoms in total. The molecule has 19 heavy (non-hydrogen) atoms. The molecule has 0 radical (unpaired) electrons. The Bertz CT molecular complexity index is 441. The first-order valence-electron chi connectivity index (χ1n) is 7.84. The minimum Gasteiger partial charge on any atom is -0.368 e. The van der Waals surface area contributed by atoms with Crippen molar-refractivity contribution in [3.8, 4) is 0 Å². The highest BCUT2D eigenvalue weighted by Crippen LogP contribution is 2.33. The van der Waals surface area contributed by atoms with E-state index in [9.17, 15) is 0 Å². The summed E-state index contributed by atoms with van der Waals surface area (Å²) in [5.74, 6) is 0. The molecule has 2 atom stereocenters. The van der Waals surface area contributed by atoms with Crippen LogP contribution in [0.1, 0.15) is 43.7 Å². The molecule has 2 unspecified atom stereocenters. The van der Waals surface area contributed by atoms with Gasteiger partial charge in [-0.05, 0) is 69.7 Å². The number of benzene rings is 1. The molecule has 2 aliphatic rings. The standard InChI is InChI=1S/C17H26N2/c1-13-12-15(18-2)10-11-19(13)17-9-5-7-14-6-3-4-8-16(14)17/h5,7,9,13,15,18H,3-4,6,8,10-12H2,1-2H3. The number of hydrogen-bond acceptors (Lipinski definition) is 2. The topological polar surface area (TPSA) is 15.3 Å². The number of hydrogen-bond donors (Lipinski definition) is 1. The summed E-state index contributed by atoms with van der Waals surface area (Å²) in [5, 5.41) is 3.44. The van der Waals surface area contributed by atoms with E-state index in [1.54, 1.807) is 11.1 Å². The molecule has 1 aliphatic carbocycles. The fraction of sp³-hybridized carbons (Fsp3) is 0.647. The van der Waals surface area contributed by atoms with E-state index in [2.05, 4.69) is 42.4 Å². The molecule has 104 valence electrons. The van der Waals surface area contributed by atoms with Crippen LogP contribution in [0.2, 0.25) is 0 Å². The normalized spacial score (nSPS) is 27.2. The largest absolute Gasteiger partial charge is 0.368 e. The Kier molecular flexibility index (Phi) is 3.79. The molecular weight excluding hydrogens is 232 g/mol. The summed E-state index contributed by atoms with van der Waals surface area (Å²) in [6.45, 7) is 3.58. The molecule has 2 heteroatoms. The average Bonchev–Trinajstić information content (AvgIpc) is 2.46. The van der Waals surface area contributed by atoms with Crippen molar-refractivity contribution in [3.63, 3.8) is 0 Å². The van der Waals surface area contributed by atoms with Gasteiger partial charge in [0.2, 0.25) is 0 Å². The van der Waals surface area contributed by atoms with Crippen molar-refractivity contribution in [2.24, 2.45) is 0 Å². The first-order chi connectivity index (χ1) is 9.29. The Morgan fingerprint density at radius 1 is 1.21 bits per heavy atom. The number of piperidine rings is 1. The molecular formula is C17H26N2. The van der Waals surface area contributed by atoms with E-state index >= 15 is 0 Å². The maximum Gasteiger partial charge on any atom is 0.0403 e. The van der Waals surface area contributed by atoms with Crippen LogP contribution < -0.4 is 10.2 Å². The lowest BCUT2D eigenvalue weighted by Gasteiger charge is -2.41. The maximum atomic E-state index is 3.44. The fourth-order valence-electron chi connectivity index (χ4n) is 3.82. The highest BCUT2D eigenvalue weighted by atomic mass is 15.2. The number of rotatable bonds is 2. The second-order valence-corrected chi connectivity index (χ2v) is 6.17. The van der Waals surface area contributed by atoms with Crippen LogP contribution in [-0.2, 0) is 12.8 Å². The summed E-state index contributed by atoms with van der Waals surface area (Å²) < 4.78 is 0.